The molecule has 2 fully saturated rings. The lowest BCUT2D eigenvalue weighted by Gasteiger charge is -2.38. The second kappa shape index (κ2) is 5.40. The Morgan fingerprint density at radius 3 is 2.47 bits per heavy atom. The van der Waals surface area contributed by atoms with E-state index in [1.54, 1.807) is 4.31 Å². The first-order valence-electron chi connectivity index (χ1n) is 7.09. The summed E-state index contributed by atoms with van der Waals surface area (Å²) < 4.78 is 27.0. The second-order valence-corrected chi connectivity index (χ2v) is 8.03. The number of aliphatic carboxylic acids is 1. The van der Waals surface area contributed by atoms with Crippen LogP contribution < -0.4 is 0 Å². The summed E-state index contributed by atoms with van der Waals surface area (Å²) in [5, 5.41) is 8.46. The highest BCUT2D eigenvalue weighted by Crippen LogP contribution is 2.36. The number of carboxylic acid groups (broad SMARTS) is 1. The predicted octanol–water partition coefficient (Wildman–Crippen LogP) is 1.69. The van der Waals surface area contributed by atoms with Gasteiger partial charge in [0, 0.05) is 12.6 Å². The molecule has 0 aromatic rings. The number of hydrogen-bond acceptors (Lipinski definition) is 3. The predicted molar refractivity (Wildman–Crippen MR) is 72.3 cm³/mol. The van der Waals surface area contributed by atoms with E-state index < -0.39 is 27.2 Å². The third kappa shape index (κ3) is 2.65. The van der Waals surface area contributed by atoms with Gasteiger partial charge in [-0.2, -0.15) is 4.31 Å². The lowest BCUT2D eigenvalue weighted by molar-refractivity contribution is -0.141. The Bertz CT molecular complexity index is 448. The molecule has 1 N–H and O–H groups in total. The van der Waals surface area contributed by atoms with E-state index in [0.29, 0.717) is 31.7 Å². The number of carboxylic acids is 1. The van der Waals surface area contributed by atoms with Crippen LogP contribution in [0.1, 0.15) is 46.0 Å². The summed E-state index contributed by atoms with van der Waals surface area (Å²) in [4.78, 5) is 11.2. The highest BCUT2D eigenvalue weighted by Gasteiger charge is 2.46. The summed E-state index contributed by atoms with van der Waals surface area (Å²) in [6, 6.07) is -0.0196. The number of piperidine rings is 1. The average molecular weight is 289 g/mol. The van der Waals surface area contributed by atoms with Crippen LogP contribution in [-0.2, 0) is 14.8 Å². The second-order valence-electron chi connectivity index (χ2n) is 5.93. The molecule has 4 atom stereocenters. The quantitative estimate of drug-likeness (QED) is 0.858. The van der Waals surface area contributed by atoms with Crippen molar-refractivity contribution in [1.29, 1.82) is 0 Å². The zero-order chi connectivity index (χ0) is 14.2. The van der Waals surface area contributed by atoms with Crippen molar-refractivity contribution in [1.82, 2.24) is 4.31 Å². The van der Waals surface area contributed by atoms with E-state index >= 15 is 0 Å². The molecule has 19 heavy (non-hydrogen) atoms. The Morgan fingerprint density at radius 1 is 1.16 bits per heavy atom. The minimum atomic E-state index is -3.49. The minimum Gasteiger partial charge on any atom is -0.481 e. The first-order chi connectivity index (χ1) is 8.85. The number of carbonyl (C=O) groups is 1. The first-order valence-corrected chi connectivity index (χ1v) is 8.59. The maximum absolute atomic E-state index is 12.7. The number of sulfonamides is 1. The number of rotatable bonds is 3. The number of hydrogen-bond donors (Lipinski definition) is 1. The molecule has 1 aliphatic carbocycles. The Kier molecular flexibility index (Phi) is 4.20. The van der Waals surface area contributed by atoms with Crippen LogP contribution >= 0.6 is 0 Å². The molecular formula is C13H23NO4S. The molecule has 2 rings (SSSR count). The molecule has 1 saturated heterocycles. The van der Waals surface area contributed by atoms with Crippen LogP contribution in [0.3, 0.4) is 0 Å². The molecule has 5 nitrogen and oxygen atoms in total. The zero-order valence-electron chi connectivity index (χ0n) is 11.6. The van der Waals surface area contributed by atoms with Crippen molar-refractivity contribution in [2.45, 2.75) is 57.2 Å². The van der Waals surface area contributed by atoms with E-state index in [1.807, 2.05) is 6.92 Å². The van der Waals surface area contributed by atoms with Gasteiger partial charge in [-0.1, -0.05) is 13.3 Å². The SMILES string of the molecule is CC1CCCN(S(=O)(=O)C2CCCC2C(=O)O)C1C. The van der Waals surface area contributed by atoms with Crippen molar-refractivity contribution in [2.75, 3.05) is 6.54 Å². The summed E-state index contributed by atoms with van der Waals surface area (Å²) in [5.41, 5.74) is 0. The van der Waals surface area contributed by atoms with Crippen molar-refractivity contribution >= 4 is 16.0 Å². The van der Waals surface area contributed by atoms with Crippen LogP contribution in [-0.4, -0.2) is 41.6 Å². The molecule has 4 unspecified atom stereocenters. The van der Waals surface area contributed by atoms with Gasteiger partial charge in [0.25, 0.3) is 0 Å². The first kappa shape index (κ1) is 14.8. The largest absolute Gasteiger partial charge is 0.481 e. The van der Waals surface area contributed by atoms with Crippen molar-refractivity contribution in [3.05, 3.63) is 0 Å². The maximum atomic E-state index is 12.7. The Balaban J connectivity index is 2.24. The monoisotopic (exact) mass is 289 g/mol. The van der Waals surface area contributed by atoms with E-state index in [0.717, 1.165) is 12.8 Å². The average Bonchev–Trinajstić information content (AvgIpc) is 2.82. The zero-order valence-corrected chi connectivity index (χ0v) is 12.4. The van der Waals surface area contributed by atoms with Gasteiger partial charge in [-0.15, -0.1) is 0 Å². The van der Waals surface area contributed by atoms with Gasteiger partial charge in [0.05, 0.1) is 11.2 Å². The molecule has 0 radical (unpaired) electrons. The van der Waals surface area contributed by atoms with Crippen LogP contribution in [0.25, 0.3) is 0 Å². The fourth-order valence-electron chi connectivity index (χ4n) is 3.40. The van der Waals surface area contributed by atoms with Crippen LogP contribution in [0, 0.1) is 11.8 Å². The lowest BCUT2D eigenvalue weighted by atomic mass is 9.94. The summed E-state index contributed by atoms with van der Waals surface area (Å²) in [5.74, 6) is -1.36. The summed E-state index contributed by atoms with van der Waals surface area (Å²) in [6.45, 7) is 4.54. The molecule has 0 aromatic carbocycles. The van der Waals surface area contributed by atoms with Gasteiger partial charge in [0.2, 0.25) is 10.0 Å². The summed E-state index contributed by atoms with van der Waals surface area (Å²) in [6.07, 6.45) is 3.57. The molecule has 2 aliphatic rings. The summed E-state index contributed by atoms with van der Waals surface area (Å²) in [7, 11) is -3.49. The van der Waals surface area contributed by atoms with Crippen LogP contribution in [0.5, 0.6) is 0 Å². The normalized spacial score (nSPS) is 37.4. The van der Waals surface area contributed by atoms with Crippen LogP contribution in [0.15, 0.2) is 0 Å². The summed E-state index contributed by atoms with van der Waals surface area (Å²) >= 11 is 0. The molecular weight excluding hydrogens is 266 g/mol. The van der Waals surface area contributed by atoms with Crippen molar-refractivity contribution in [3.8, 4) is 0 Å². The standard InChI is InChI=1S/C13H23NO4S/c1-9-5-4-8-14(10(9)2)19(17,18)12-7-3-6-11(12)13(15)16/h9-12H,3-8H2,1-2H3,(H,15,16). The van der Waals surface area contributed by atoms with Gasteiger partial charge in [-0.05, 0) is 38.5 Å². The van der Waals surface area contributed by atoms with Gasteiger partial charge in [0.1, 0.15) is 0 Å². The molecule has 6 heteroatoms. The molecule has 0 bridgehead atoms. The molecule has 110 valence electrons. The van der Waals surface area contributed by atoms with Gasteiger partial charge < -0.3 is 5.11 Å². The van der Waals surface area contributed by atoms with Crippen molar-refractivity contribution in [3.63, 3.8) is 0 Å². The lowest BCUT2D eigenvalue weighted by Crippen LogP contribution is -2.50. The fraction of sp³-hybridized carbons (Fsp3) is 0.923. The van der Waals surface area contributed by atoms with Crippen LogP contribution in [0.2, 0.25) is 0 Å². The van der Waals surface area contributed by atoms with Gasteiger partial charge >= 0.3 is 5.97 Å². The van der Waals surface area contributed by atoms with Gasteiger partial charge in [0.15, 0.2) is 0 Å². The maximum Gasteiger partial charge on any atom is 0.307 e. The van der Waals surface area contributed by atoms with Gasteiger partial charge in [-0.25, -0.2) is 8.42 Å². The minimum absolute atomic E-state index is 0.0196. The van der Waals surface area contributed by atoms with Crippen molar-refractivity contribution < 1.29 is 18.3 Å². The van der Waals surface area contributed by atoms with E-state index in [1.165, 1.54) is 0 Å². The Morgan fingerprint density at radius 2 is 1.84 bits per heavy atom. The van der Waals surface area contributed by atoms with Crippen molar-refractivity contribution in [2.24, 2.45) is 11.8 Å². The molecule has 0 amide bonds. The smallest absolute Gasteiger partial charge is 0.307 e. The molecule has 1 heterocycles. The molecule has 0 spiro atoms. The number of nitrogens with zero attached hydrogens (tertiary/aromatic N) is 1. The highest BCUT2D eigenvalue weighted by molar-refractivity contribution is 7.89. The van der Waals surface area contributed by atoms with E-state index in [-0.39, 0.29) is 6.04 Å². The topological polar surface area (TPSA) is 74.7 Å². The molecule has 0 aromatic heterocycles. The molecule has 1 saturated carbocycles. The van der Waals surface area contributed by atoms with Crippen LogP contribution in [0.4, 0.5) is 0 Å². The third-order valence-corrected chi connectivity index (χ3v) is 7.29. The molecule has 1 aliphatic heterocycles. The third-order valence-electron chi connectivity index (χ3n) is 4.79. The fourth-order valence-corrected chi connectivity index (χ4v) is 5.93. The Hall–Kier alpha value is -0.620. The van der Waals surface area contributed by atoms with E-state index in [4.69, 9.17) is 0 Å². The van der Waals surface area contributed by atoms with Gasteiger partial charge in [-0.3, -0.25) is 4.79 Å². The van der Waals surface area contributed by atoms with E-state index in [2.05, 4.69) is 6.92 Å². The van der Waals surface area contributed by atoms with E-state index in [9.17, 15) is 18.3 Å². The Labute approximate surface area is 115 Å². The highest BCUT2D eigenvalue weighted by atomic mass is 32.2.